The average Bonchev–Trinajstić information content (AvgIpc) is 3.26. The Morgan fingerprint density at radius 1 is 1.27 bits per heavy atom. The van der Waals surface area contributed by atoms with Crippen molar-refractivity contribution in [1.82, 2.24) is 15.2 Å². The second-order valence-electron chi connectivity index (χ2n) is 6.79. The summed E-state index contributed by atoms with van der Waals surface area (Å²) < 4.78 is 10.5. The Labute approximate surface area is 178 Å². The van der Waals surface area contributed by atoms with E-state index in [-0.39, 0.29) is 31.2 Å². The number of aromatic nitrogens is 1. The first-order valence-electron chi connectivity index (χ1n) is 9.46. The standard InChI is InChI=1S/C20H24N4O5S/c1-12-11-21-19(30-12)23-17(25)7-5-14-18(26)24(20(27)22-14)9-8-13-4-6-15(28-2)16(10-13)29-3/h4,6,10-11,14H,5,7-9H2,1-3H3,(H,22,27)(H,21,23,25)/t14-/m1/s1. The summed E-state index contributed by atoms with van der Waals surface area (Å²) in [5, 5.41) is 5.88. The highest BCUT2D eigenvalue weighted by atomic mass is 32.1. The molecule has 1 aromatic carbocycles. The molecule has 2 N–H and O–H groups in total. The summed E-state index contributed by atoms with van der Waals surface area (Å²) in [6, 6.07) is 4.32. The van der Waals surface area contributed by atoms with Gasteiger partial charge in [0.2, 0.25) is 5.91 Å². The molecule has 30 heavy (non-hydrogen) atoms. The number of urea groups is 1. The molecule has 1 saturated heterocycles. The fourth-order valence-corrected chi connectivity index (χ4v) is 3.81. The highest BCUT2D eigenvalue weighted by Gasteiger charge is 2.37. The molecule has 0 spiro atoms. The van der Waals surface area contributed by atoms with E-state index in [0.29, 0.717) is 23.1 Å². The van der Waals surface area contributed by atoms with Crippen molar-refractivity contribution >= 4 is 34.3 Å². The predicted molar refractivity (Wildman–Crippen MR) is 112 cm³/mol. The number of aryl methyl sites for hydroxylation is 1. The van der Waals surface area contributed by atoms with Gasteiger partial charge in [-0.05, 0) is 37.5 Å². The lowest BCUT2D eigenvalue weighted by atomic mass is 10.1. The van der Waals surface area contributed by atoms with Crippen LogP contribution in [0.1, 0.15) is 23.3 Å². The summed E-state index contributed by atoms with van der Waals surface area (Å²) in [7, 11) is 3.11. The van der Waals surface area contributed by atoms with Gasteiger partial charge in [0.05, 0.1) is 14.2 Å². The molecule has 1 aliphatic heterocycles. The van der Waals surface area contributed by atoms with E-state index < -0.39 is 12.1 Å². The summed E-state index contributed by atoms with van der Waals surface area (Å²) in [6.45, 7) is 2.14. The number of amides is 4. The maximum atomic E-state index is 12.6. The third-order valence-corrected chi connectivity index (χ3v) is 5.53. The summed E-state index contributed by atoms with van der Waals surface area (Å²) in [5.74, 6) is 0.641. The third-order valence-electron chi connectivity index (χ3n) is 4.71. The topological polar surface area (TPSA) is 110 Å². The average molecular weight is 433 g/mol. The summed E-state index contributed by atoms with van der Waals surface area (Å²) in [6.07, 6.45) is 2.50. The van der Waals surface area contributed by atoms with Crippen molar-refractivity contribution in [2.45, 2.75) is 32.2 Å². The Hall–Kier alpha value is -3.14. The minimum Gasteiger partial charge on any atom is -0.493 e. The van der Waals surface area contributed by atoms with Crippen molar-refractivity contribution in [3.63, 3.8) is 0 Å². The van der Waals surface area contributed by atoms with Crippen LogP contribution in [-0.4, -0.2) is 54.5 Å². The number of hydrogen-bond acceptors (Lipinski definition) is 7. The van der Waals surface area contributed by atoms with Gasteiger partial charge in [0.15, 0.2) is 16.6 Å². The van der Waals surface area contributed by atoms with Crippen LogP contribution in [0.5, 0.6) is 11.5 Å². The van der Waals surface area contributed by atoms with Gasteiger partial charge in [0.25, 0.3) is 5.91 Å². The fourth-order valence-electron chi connectivity index (χ4n) is 3.13. The van der Waals surface area contributed by atoms with Crippen LogP contribution < -0.4 is 20.1 Å². The first-order valence-corrected chi connectivity index (χ1v) is 10.3. The number of carbonyl (C=O) groups is 3. The maximum absolute atomic E-state index is 12.6. The number of hydrogen-bond donors (Lipinski definition) is 2. The largest absolute Gasteiger partial charge is 0.493 e. The smallest absolute Gasteiger partial charge is 0.324 e. The van der Waals surface area contributed by atoms with Crippen LogP contribution in [0.3, 0.4) is 0 Å². The van der Waals surface area contributed by atoms with Crippen LogP contribution in [-0.2, 0) is 16.0 Å². The number of rotatable bonds is 9. The number of methoxy groups -OCH3 is 2. The van der Waals surface area contributed by atoms with Crippen LogP contribution in [0.25, 0.3) is 0 Å². The lowest BCUT2D eigenvalue weighted by Crippen LogP contribution is -2.33. The second kappa shape index (κ2) is 9.57. The number of thiazole rings is 1. The number of carbonyl (C=O) groups excluding carboxylic acids is 3. The molecular formula is C20H24N4O5S. The van der Waals surface area contributed by atoms with E-state index in [4.69, 9.17) is 9.47 Å². The van der Waals surface area contributed by atoms with E-state index in [1.807, 2.05) is 19.1 Å². The van der Waals surface area contributed by atoms with Gasteiger partial charge in [-0.25, -0.2) is 9.78 Å². The quantitative estimate of drug-likeness (QED) is 0.589. The first-order chi connectivity index (χ1) is 14.4. The zero-order chi connectivity index (χ0) is 21.7. The predicted octanol–water partition coefficient (Wildman–Crippen LogP) is 2.35. The van der Waals surface area contributed by atoms with E-state index in [1.165, 1.54) is 16.2 Å². The molecule has 4 amide bonds. The molecule has 160 valence electrons. The summed E-state index contributed by atoms with van der Waals surface area (Å²) >= 11 is 1.38. The van der Waals surface area contributed by atoms with Gasteiger partial charge in [-0.3, -0.25) is 14.5 Å². The third kappa shape index (κ3) is 5.07. The molecule has 1 atom stereocenters. The molecule has 2 heterocycles. The van der Waals surface area contributed by atoms with Crippen molar-refractivity contribution in [3.05, 3.63) is 34.8 Å². The monoisotopic (exact) mass is 432 g/mol. The Kier molecular flexibility index (Phi) is 6.88. The number of benzene rings is 1. The van der Waals surface area contributed by atoms with Gasteiger partial charge in [-0.2, -0.15) is 0 Å². The molecule has 1 fully saturated rings. The molecular weight excluding hydrogens is 408 g/mol. The molecule has 0 unspecified atom stereocenters. The second-order valence-corrected chi connectivity index (χ2v) is 8.03. The molecule has 3 rings (SSSR count). The van der Waals surface area contributed by atoms with Crippen LogP contribution in [0.15, 0.2) is 24.4 Å². The maximum Gasteiger partial charge on any atom is 0.324 e. The SMILES string of the molecule is COc1ccc(CCN2C(=O)N[C@H](CCC(=O)Nc3ncc(C)s3)C2=O)cc1OC. The number of imide groups is 1. The fraction of sp³-hybridized carbons (Fsp3) is 0.400. The Balaban J connectivity index is 1.51. The minimum atomic E-state index is -0.702. The Morgan fingerprint density at radius 2 is 2.03 bits per heavy atom. The summed E-state index contributed by atoms with van der Waals surface area (Å²) in [5.41, 5.74) is 0.912. The first kappa shape index (κ1) is 21.6. The van der Waals surface area contributed by atoms with E-state index in [0.717, 1.165) is 10.4 Å². The highest BCUT2D eigenvalue weighted by molar-refractivity contribution is 7.15. The zero-order valence-electron chi connectivity index (χ0n) is 17.1. The molecule has 10 heteroatoms. The summed E-state index contributed by atoms with van der Waals surface area (Å²) in [4.78, 5) is 43.1. The molecule has 0 saturated carbocycles. The molecule has 2 aromatic rings. The van der Waals surface area contributed by atoms with Crippen LogP contribution in [0.2, 0.25) is 0 Å². The van der Waals surface area contributed by atoms with Gasteiger partial charge < -0.3 is 20.1 Å². The number of anilines is 1. The molecule has 1 aliphatic rings. The van der Waals surface area contributed by atoms with Crippen molar-refractivity contribution in [1.29, 1.82) is 0 Å². The highest BCUT2D eigenvalue weighted by Crippen LogP contribution is 2.28. The lowest BCUT2D eigenvalue weighted by Gasteiger charge is -2.14. The van der Waals surface area contributed by atoms with E-state index >= 15 is 0 Å². The van der Waals surface area contributed by atoms with E-state index in [1.54, 1.807) is 26.5 Å². The van der Waals surface area contributed by atoms with Crippen molar-refractivity contribution in [3.8, 4) is 11.5 Å². The molecule has 0 radical (unpaired) electrons. The number of nitrogens with zero attached hydrogens (tertiary/aromatic N) is 2. The van der Waals surface area contributed by atoms with Gasteiger partial charge in [0, 0.05) is 24.0 Å². The van der Waals surface area contributed by atoms with Crippen LogP contribution >= 0.6 is 11.3 Å². The van der Waals surface area contributed by atoms with Gasteiger partial charge in [-0.15, -0.1) is 11.3 Å². The molecule has 0 aliphatic carbocycles. The Bertz CT molecular complexity index is 945. The van der Waals surface area contributed by atoms with Gasteiger partial charge >= 0.3 is 6.03 Å². The number of nitrogens with one attached hydrogen (secondary N) is 2. The van der Waals surface area contributed by atoms with Crippen LogP contribution in [0, 0.1) is 6.92 Å². The minimum absolute atomic E-state index is 0.110. The normalized spacial score (nSPS) is 15.8. The van der Waals surface area contributed by atoms with E-state index in [9.17, 15) is 14.4 Å². The molecule has 1 aromatic heterocycles. The van der Waals surface area contributed by atoms with Crippen molar-refractivity contribution in [2.75, 3.05) is 26.1 Å². The molecule has 9 nitrogen and oxygen atoms in total. The van der Waals surface area contributed by atoms with Gasteiger partial charge in [0.1, 0.15) is 6.04 Å². The van der Waals surface area contributed by atoms with E-state index in [2.05, 4.69) is 15.6 Å². The molecule has 0 bridgehead atoms. The zero-order valence-corrected chi connectivity index (χ0v) is 17.9. The van der Waals surface area contributed by atoms with Crippen LogP contribution in [0.4, 0.5) is 9.93 Å². The van der Waals surface area contributed by atoms with Crippen molar-refractivity contribution < 1.29 is 23.9 Å². The lowest BCUT2D eigenvalue weighted by molar-refractivity contribution is -0.127. The van der Waals surface area contributed by atoms with Gasteiger partial charge in [-0.1, -0.05) is 6.07 Å². The number of ether oxygens (including phenoxy) is 2. The Morgan fingerprint density at radius 3 is 2.70 bits per heavy atom. The van der Waals surface area contributed by atoms with Crippen molar-refractivity contribution in [2.24, 2.45) is 0 Å².